The van der Waals surface area contributed by atoms with Gasteiger partial charge >= 0.3 is 0 Å². The molecule has 0 aliphatic rings. The van der Waals surface area contributed by atoms with Gasteiger partial charge in [0.05, 0.1) is 5.71 Å². The number of allylic oxidation sites excluding steroid dienone is 1. The predicted molar refractivity (Wildman–Crippen MR) is 78.2 cm³/mol. The zero-order valence-electron chi connectivity index (χ0n) is 12.1. The largest absolute Gasteiger partial charge is 0.411 e. The molecule has 10 heteroatoms. The normalized spacial score (nSPS) is 14.2. The summed E-state index contributed by atoms with van der Waals surface area (Å²) in [4.78, 5) is 10.7. The summed E-state index contributed by atoms with van der Waals surface area (Å²) in [6.45, 7) is 3.60. The third-order valence-electron chi connectivity index (χ3n) is 2.89. The average molecular weight is 314 g/mol. The molecule has 0 spiro atoms. The second-order valence-electron chi connectivity index (χ2n) is 4.25. The first kappa shape index (κ1) is 17.1. The highest BCUT2D eigenvalue weighted by molar-refractivity contribution is 7.99. The standard InChI is InChI=1S/C11H18N6O3S/c1-4-8(10(5-2)17(19)20)6-9(13-18)7-21-11-12-14-15-16(11)3/h6,10,18H,4-5,7H2,1-3H3/b8-6+,13-9+. The van der Waals surface area contributed by atoms with Crippen molar-refractivity contribution in [1.82, 2.24) is 20.2 Å². The van der Waals surface area contributed by atoms with Crippen molar-refractivity contribution in [3.63, 3.8) is 0 Å². The quantitative estimate of drug-likeness (QED) is 0.254. The van der Waals surface area contributed by atoms with E-state index in [0.29, 0.717) is 35.0 Å². The van der Waals surface area contributed by atoms with E-state index in [1.165, 1.54) is 16.4 Å². The lowest BCUT2D eigenvalue weighted by Crippen LogP contribution is -2.21. The Labute approximate surface area is 126 Å². The molecule has 0 radical (unpaired) electrons. The minimum atomic E-state index is -0.756. The second kappa shape index (κ2) is 8.35. The first-order valence-corrected chi connectivity index (χ1v) is 7.42. The van der Waals surface area contributed by atoms with Crippen LogP contribution in [0.4, 0.5) is 0 Å². The maximum Gasteiger partial charge on any atom is 0.234 e. The summed E-state index contributed by atoms with van der Waals surface area (Å²) in [7, 11) is 1.70. The van der Waals surface area contributed by atoms with Gasteiger partial charge in [0, 0.05) is 29.7 Å². The van der Waals surface area contributed by atoms with E-state index in [2.05, 4.69) is 20.7 Å². The van der Waals surface area contributed by atoms with Gasteiger partial charge in [-0.15, -0.1) is 5.10 Å². The summed E-state index contributed by atoms with van der Waals surface area (Å²) in [5.41, 5.74) is 0.979. The third kappa shape index (κ3) is 4.81. The van der Waals surface area contributed by atoms with Crippen molar-refractivity contribution in [3.8, 4) is 0 Å². The van der Waals surface area contributed by atoms with Crippen molar-refractivity contribution >= 4 is 17.5 Å². The molecule has 9 nitrogen and oxygen atoms in total. The fourth-order valence-electron chi connectivity index (χ4n) is 1.78. The number of aryl methyl sites for hydroxylation is 1. The SMILES string of the molecule is CC/C(=C\C(CSc1nnnn1C)=N/O)C(CC)[N+](=O)[O-]. The van der Waals surface area contributed by atoms with Crippen LogP contribution in [-0.4, -0.2) is 47.8 Å². The fourth-order valence-corrected chi connectivity index (χ4v) is 2.51. The molecule has 1 heterocycles. The second-order valence-corrected chi connectivity index (χ2v) is 5.19. The van der Waals surface area contributed by atoms with Crippen LogP contribution in [0.3, 0.4) is 0 Å². The summed E-state index contributed by atoms with van der Waals surface area (Å²) < 4.78 is 1.50. The maximum absolute atomic E-state index is 11.0. The molecule has 1 rings (SSSR count). The Hall–Kier alpha value is -1.97. The summed E-state index contributed by atoms with van der Waals surface area (Å²) >= 11 is 1.29. The number of nitro groups is 1. The number of rotatable bonds is 8. The van der Waals surface area contributed by atoms with Crippen LogP contribution >= 0.6 is 11.8 Å². The van der Waals surface area contributed by atoms with E-state index in [4.69, 9.17) is 5.21 Å². The minimum Gasteiger partial charge on any atom is -0.411 e. The van der Waals surface area contributed by atoms with Crippen molar-refractivity contribution in [2.45, 2.75) is 37.9 Å². The molecular formula is C11H18N6O3S. The van der Waals surface area contributed by atoms with Gasteiger partial charge in [-0.1, -0.05) is 30.8 Å². The van der Waals surface area contributed by atoms with Crippen molar-refractivity contribution in [2.75, 3.05) is 5.75 Å². The molecule has 0 aromatic carbocycles. The van der Waals surface area contributed by atoms with Crippen LogP contribution in [0.25, 0.3) is 0 Å². The van der Waals surface area contributed by atoms with Crippen molar-refractivity contribution < 1.29 is 10.1 Å². The molecule has 1 aromatic rings. The lowest BCUT2D eigenvalue weighted by Gasteiger charge is -2.10. The summed E-state index contributed by atoms with van der Waals surface area (Å²) in [5, 5.41) is 34.8. The van der Waals surface area contributed by atoms with Crippen molar-refractivity contribution in [3.05, 3.63) is 21.8 Å². The zero-order valence-corrected chi connectivity index (χ0v) is 12.9. The predicted octanol–water partition coefficient (Wildman–Crippen LogP) is 1.52. The summed E-state index contributed by atoms with van der Waals surface area (Å²) in [5.74, 6) is 0.322. The molecule has 1 unspecified atom stereocenters. The minimum absolute atomic E-state index is 0.315. The number of oxime groups is 1. The monoisotopic (exact) mass is 314 g/mol. The highest BCUT2D eigenvalue weighted by Gasteiger charge is 2.22. The van der Waals surface area contributed by atoms with Crippen molar-refractivity contribution in [2.24, 2.45) is 12.2 Å². The number of nitrogens with zero attached hydrogens (tertiary/aromatic N) is 6. The van der Waals surface area contributed by atoms with E-state index in [9.17, 15) is 10.1 Å². The van der Waals surface area contributed by atoms with E-state index in [-0.39, 0.29) is 4.92 Å². The van der Waals surface area contributed by atoms with Crippen LogP contribution in [0.2, 0.25) is 0 Å². The van der Waals surface area contributed by atoms with Gasteiger partial charge < -0.3 is 5.21 Å². The van der Waals surface area contributed by atoms with Crippen LogP contribution in [-0.2, 0) is 7.05 Å². The van der Waals surface area contributed by atoms with E-state index in [1.807, 2.05) is 6.92 Å². The number of tetrazole rings is 1. The molecule has 21 heavy (non-hydrogen) atoms. The first-order chi connectivity index (χ1) is 10.0. The number of hydrogen-bond donors (Lipinski definition) is 1. The van der Waals surface area contributed by atoms with Gasteiger partial charge in [-0.05, 0) is 22.9 Å². The van der Waals surface area contributed by atoms with Gasteiger partial charge in [-0.3, -0.25) is 10.1 Å². The van der Waals surface area contributed by atoms with Crippen LogP contribution in [0.15, 0.2) is 22.0 Å². The lowest BCUT2D eigenvalue weighted by atomic mass is 10.0. The highest BCUT2D eigenvalue weighted by Crippen LogP contribution is 2.17. The van der Waals surface area contributed by atoms with E-state index < -0.39 is 6.04 Å². The van der Waals surface area contributed by atoms with Crippen LogP contribution in [0, 0.1) is 10.1 Å². The van der Waals surface area contributed by atoms with Gasteiger partial charge in [-0.25, -0.2) is 4.68 Å². The third-order valence-corrected chi connectivity index (χ3v) is 3.93. The zero-order chi connectivity index (χ0) is 15.8. The molecule has 1 N–H and O–H groups in total. The van der Waals surface area contributed by atoms with Gasteiger partial charge in [0.25, 0.3) is 0 Å². The van der Waals surface area contributed by atoms with Crippen molar-refractivity contribution in [1.29, 1.82) is 0 Å². The van der Waals surface area contributed by atoms with Crippen LogP contribution < -0.4 is 0 Å². The van der Waals surface area contributed by atoms with E-state index in [0.717, 1.165) is 0 Å². The topological polar surface area (TPSA) is 119 Å². The molecule has 0 saturated carbocycles. The molecule has 116 valence electrons. The highest BCUT2D eigenvalue weighted by atomic mass is 32.2. The molecule has 0 bridgehead atoms. The Morgan fingerprint density at radius 3 is 2.76 bits per heavy atom. The molecular weight excluding hydrogens is 296 g/mol. The van der Waals surface area contributed by atoms with Crippen LogP contribution in [0.5, 0.6) is 0 Å². The smallest absolute Gasteiger partial charge is 0.234 e. The number of aromatic nitrogens is 4. The Bertz CT molecular complexity index is 542. The molecule has 0 aliphatic heterocycles. The van der Waals surface area contributed by atoms with Crippen LogP contribution in [0.1, 0.15) is 26.7 Å². The summed E-state index contributed by atoms with van der Waals surface area (Å²) in [6.07, 6.45) is 2.49. The van der Waals surface area contributed by atoms with E-state index >= 15 is 0 Å². The summed E-state index contributed by atoms with van der Waals surface area (Å²) in [6, 6.07) is -0.756. The van der Waals surface area contributed by atoms with Gasteiger partial charge in [0.15, 0.2) is 0 Å². The Morgan fingerprint density at radius 2 is 2.33 bits per heavy atom. The van der Waals surface area contributed by atoms with Gasteiger partial charge in [0.2, 0.25) is 11.2 Å². The maximum atomic E-state index is 11.0. The average Bonchev–Trinajstić information content (AvgIpc) is 2.87. The van der Waals surface area contributed by atoms with Gasteiger partial charge in [0.1, 0.15) is 0 Å². The van der Waals surface area contributed by atoms with E-state index in [1.54, 1.807) is 20.0 Å². The molecule has 0 amide bonds. The lowest BCUT2D eigenvalue weighted by molar-refractivity contribution is -0.512. The molecule has 1 atom stereocenters. The first-order valence-electron chi connectivity index (χ1n) is 6.43. The molecule has 0 aliphatic carbocycles. The number of thioether (sulfide) groups is 1. The Balaban J connectivity index is 2.81. The molecule has 0 fully saturated rings. The molecule has 0 saturated heterocycles. The molecule has 1 aromatic heterocycles. The number of hydrogen-bond acceptors (Lipinski definition) is 8. The Kier molecular flexibility index (Phi) is 6.79. The fraction of sp³-hybridized carbons (Fsp3) is 0.636. The Morgan fingerprint density at radius 1 is 1.62 bits per heavy atom. The van der Waals surface area contributed by atoms with Gasteiger partial charge in [-0.2, -0.15) is 0 Å².